The van der Waals surface area contributed by atoms with E-state index in [0.29, 0.717) is 11.1 Å². The second-order valence-electron chi connectivity index (χ2n) is 7.17. The number of esters is 2. The predicted molar refractivity (Wildman–Crippen MR) is 92.9 cm³/mol. The third-order valence-electron chi connectivity index (χ3n) is 4.84. The summed E-state index contributed by atoms with van der Waals surface area (Å²) >= 11 is 0. The molecule has 1 aliphatic carbocycles. The van der Waals surface area contributed by atoms with Gasteiger partial charge in [0, 0.05) is 18.4 Å². The van der Waals surface area contributed by atoms with Crippen LogP contribution in [0.25, 0.3) is 0 Å². The Morgan fingerprint density at radius 2 is 2.04 bits per heavy atom. The van der Waals surface area contributed by atoms with Crippen LogP contribution in [0.3, 0.4) is 0 Å². The van der Waals surface area contributed by atoms with Gasteiger partial charge in [-0.15, -0.1) is 0 Å². The van der Waals surface area contributed by atoms with Gasteiger partial charge >= 0.3 is 11.9 Å². The highest BCUT2D eigenvalue weighted by Crippen LogP contribution is 2.37. The zero-order chi connectivity index (χ0) is 19.6. The summed E-state index contributed by atoms with van der Waals surface area (Å²) in [5.41, 5.74) is 1.19. The van der Waals surface area contributed by atoms with Crippen molar-refractivity contribution in [3.8, 4) is 0 Å². The van der Waals surface area contributed by atoms with Crippen LogP contribution in [0, 0.1) is 11.8 Å². The SMILES string of the molecule is C=C1C(=O)O[C@@H]2/C=C(\C)[C@@H](O)C[C@@H](OO)C(=C)C[C@H](OC(=O)C(C)C)[C@@H]12. The van der Waals surface area contributed by atoms with E-state index in [4.69, 9.17) is 9.47 Å². The fraction of sp³-hybridized carbons (Fsp3) is 0.579. The topological polar surface area (TPSA) is 102 Å². The van der Waals surface area contributed by atoms with Gasteiger partial charge in [-0.1, -0.05) is 27.0 Å². The van der Waals surface area contributed by atoms with Gasteiger partial charge in [0.15, 0.2) is 0 Å². The highest BCUT2D eigenvalue weighted by molar-refractivity contribution is 5.91. The quantitative estimate of drug-likeness (QED) is 0.259. The van der Waals surface area contributed by atoms with Gasteiger partial charge in [-0.05, 0) is 24.1 Å². The fourth-order valence-electron chi connectivity index (χ4n) is 3.14. The van der Waals surface area contributed by atoms with E-state index in [1.807, 2.05) is 0 Å². The molecule has 7 heteroatoms. The molecule has 1 heterocycles. The summed E-state index contributed by atoms with van der Waals surface area (Å²) in [4.78, 5) is 28.7. The molecule has 144 valence electrons. The summed E-state index contributed by atoms with van der Waals surface area (Å²) in [5.74, 6) is -1.95. The lowest BCUT2D eigenvalue weighted by molar-refractivity contribution is -0.273. The molecule has 1 fully saturated rings. The van der Waals surface area contributed by atoms with Crippen LogP contribution in [-0.2, 0) is 24.0 Å². The molecule has 0 aromatic rings. The molecule has 26 heavy (non-hydrogen) atoms. The van der Waals surface area contributed by atoms with Crippen molar-refractivity contribution in [2.45, 2.75) is 58.0 Å². The Bertz CT molecular complexity index is 634. The molecule has 0 bridgehead atoms. The Labute approximate surface area is 152 Å². The monoisotopic (exact) mass is 366 g/mol. The number of carbonyl (C=O) groups excluding carboxylic acids is 2. The van der Waals surface area contributed by atoms with E-state index >= 15 is 0 Å². The van der Waals surface area contributed by atoms with Crippen LogP contribution in [-0.4, -0.2) is 46.7 Å². The first-order valence-electron chi connectivity index (χ1n) is 8.60. The van der Waals surface area contributed by atoms with E-state index in [9.17, 15) is 20.0 Å². The van der Waals surface area contributed by atoms with Gasteiger partial charge in [0.2, 0.25) is 0 Å². The molecule has 0 aromatic carbocycles. The summed E-state index contributed by atoms with van der Waals surface area (Å²) in [7, 11) is 0. The van der Waals surface area contributed by atoms with Crippen molar-refractivity contribution in [3.63, 3.8) is 0 Å². The van der Waals surface area contributed by atoms with Crippen molar-refractivity contribution < 1.29 is 34.3 Å². The van der Waals surface area contributed by atoms with Crippen LogP contribution in [0.2, 0.25) is 0 Å². The zero-order valence-electron chi connectivity index (χ0n) is 15.3. The van der Waals surface area contributed by atoms with E-state index in [0.717, 1.165) is 0 Å². The molecule has 5 atom stereocenters. The molecule has 0 saturated carbocycles. The highest BCUT2D eigenvalue weighted by atomic mass is 17.1. The van der Waals surface area contributed by atoms with Gasteiger partial charge in [-0.2, -0.15) is 0 Å². The second kappa shape index (κ2) is 8.16. The van der Waals surface area contributed by atoms with Gasteiger partial charge in [-0.3, -0.25) is 10.1 Å². The predicted octanol–water partition coefficient (Wildman–Crippen LogP) is 2.17. The number of aliphatic hydroxyl groups excluding tert-OH is 1. The van der Waals surface area contributed by atoms with E-state index in [-0.39, 0.29) is 24.3 Å². The summed E-state index contributed by atoms with van der Waals surface area (Å²) in [5, 5.41) is 19.5. The minimum atomic E-state index is -0.910. The maximum absolute atomic E-state index is 12.2. The lowest BCUT2D eigenvalue weighted by atomic mass is 9.83. The van der Waals surface area contributed by atoms with E-state index in [1.54, 1.807) is 26.8 Å². The van der Waals surface area contributed by atoms with E-state index in [1.165, 1.54) is 0 Å². The van der Waals surface area contributed by atoms with Crippen molar-refractivity contribution in [2.24, 2.45) is 11.8 Å². The first-order valence-corrected chi connectivity index (χ1v) is 8.60. The zero-order valence-corrected chi connectivity index (χ0v) is 15.3. The molecule has 2 N–H and O–H groups in total. The number of fused-ring (bicyclic) bond motifs is 1. The van der Waals surface area contributed by atoms with Crippen molar-refractivity contribution >= 4 is 11.9 Å². The molecule has 1 aliphatic heterocycles. The van der Waals surface area contributed by atoms with Gasteiger partial charge in [-0.25, -0.2) is 9.68 Å². The third-order valence-corrected chi connectivity index (χ3v) is 4.84. The molecule has 0 spiro atoms. The number of hydrogen-bond acceptors (Lipinski definition) is 7. The van der Waals surface area contributed by atoms with Crippen LogP contribution >= 0.6 is 0 Å². The average molecular weight is 366 g/mol. The van der Waals surface area contributed by atoms with Gasteiger partial charge in [0.25, 0.3) is 0 Å². The first-order chi connectivity index (χ1) is 12.1. The largest absolute Gasteiger partial charge is 0.461 e. The molecule has 0 unspecified atom stereocenters. The number of rotatable bonds is 3. The number of aliphatic hydroxyl groups is 1. The van der Waals surface area contributed by atoms with Gasteiger partial charge in [0.1, 0.15) is 18.3 Å². The first kappa shape index (κ1) is 20.4. The standard InChI is InChI=1S/C19H26O7/c1-9(2)18(21)24-16-7-11(4)14(26-23)8-13(20)10(3)6-15-17(16)12(5)19(22)25-15/h6,9,13-17,20,23H,4-5,7-8H2,1-3H3/b10-6+/t13-,14+,15+,16-,17-/m0/s1. The van der Waals surface area contributed by atoms with Crippen LogP contribution in [0.4, 0.5) is 0 Å². The Morgan fingerprint density at radius 1 is 1.38 bits per heavy atom. The third kappa shape index (κ3) is 4.23. The van der Waals surface area contributed by atoms with Crippen molar-refractivity contribution in [2.75, 3.05) is 0 Å². The lowest BCUT2D eigenvalue weighted by Crippen LogP contribution is -2.37. The molecule has 0 radical (unpaired) electrons. The average Bonchev–Trinajstić information content (AvgIpc) is 2.84. The molecule has 1 saturated heterocycles. The normalized spacial score (nSPS) is 34.8. The van der Waals surface area contributed by atoms with Crippen molar-refractivity contribution in [1.82, 2.24) is 0 Å². The van der Waals surface area contributed by atoms with Crippen molar-refractivity contribution in [3.05, 3.63) is 36.0 Å². The van der Waals surface area contributed by atoms with E-state index < -0.39 is 42.3 Å². The molecule has 2 aliphatic rings. The van der Waals surface area contributed by atoms with E-state index in [2.05, 4.69) is 18.0 Å². The molecule has 0 amide bonds. The maximum atomic E-state index is 12.2. The van der Waals surface area contributed by atoms with Crippen LogP contribution in [0.5, 0.6) is 0 Å². The number of carbonyl (C=O) groups is 2. The van der Waals surface area contributed by atoms with Crippen LogP contribution < -0.4 is 0 Å². The lowest BCUT2D eigenvalue weighted by Gasteiger charge is -2.31. The molecule has 7 nitrogen and oxygen atoms in total. The summed E-state index contributed by atoms with van der Waals surface area (Å²) in [6.07, 6.45) is -1.35. The molecule has 0 aromatic heterocycles. The van der Waals surface area contributed by atoms with Gasteiger partial charge < -0.3 is 14.6 Å². The molecular weight excluding hydrogens is 340 g/mol. The Hall–Kier alpha value is -1.96. The maximum Gasteiger partial charge on any atom is 0.334 e. The summed E-state index contributed by atoms with van der Waals surface area (Å²) in [6, 6.07) is 0. The molecular formula is C19H26O7. The van der Waals surface area contributed by atoms with Gasteiger partial charge in [0.05, 0.1) is 17.9 Å². The smallest absolute Gasteiger partial charge is 0.334 e. The summed E-state index contributed by atoms with van der Waals surface area (Å²) in [6.45, 7) is 12.8. The minimum Gasteiger partial charge on any atom is -0.461 e. The minimum absolute atomic E-state index is 0.0782. The second-order valence-corrected chi connectivity index (χ2v) is 7.17. The highest BCUT2D eigenvalue weighted by Gasteiger charge is 2.45. The molecule has 2 rings (SSSR count). The fourth-order valence-corrected chi connectivity index (χ4v) is 3.14. The number of ether oxygens (including phenoxy) is 2. The Balaban J connectivity index is 2.45. The van der Waals surface area contributed by atoms with Crippen LogP contribution in [0.1, 0.15) is 33.6 Å². The Morgan fingerprint density at radius 3 is 2.62 bits per heavy atom. The van der Waals surface area contributed by atoms with Crippen LogP contribution in [0.15, 0.2) is 36.0 Å². The Kier molecular flexibility index (Phi) is 6.39. The summed E-state index contributed by atoms with van der Waals surface area (Å²) < 4.78 is 11.0. The van der Waals surface area contributed by atoms with Crippen molar-refractivity contribution in [1.29, 1.82) is 0 Å². The number of hydrogen-bond donors (Lipinski definition) is 2.